The largest absolute Gasteiger partial charge is 0.392 e. The summed E-state index contributed by atoms with van der Waals surface area (Å²) < 4.78 is 1.99. The van der Waals surface area contributed by atoms with Gasteiger partial charge in [0.1, 0.15) is 0 Å². The van der Waals surface area contributed by atoms with Crippen LogP contribution in [0.15, 0.2) is 29.4 Å². The molecule has 1 aromatic carbocycles. The van der Waals surface area contributed by atoms with E-state index in [1.54, 1.807) is 0 Å². The molecule has 2 aromatic rings. The van der Waals surface area contributed by atoms with E-state index in [0.29, 0.717) is 23.2 Å². The quantitative estimate of drug-likeness (QED) is 0.759. The highest BCUT2D eigenvalue weighted by molar-refractivity contribution is 7.99. The van der Waals surface area contributed by atoms with Gasteiger partial charge in [-0.05, 0) is 44.0 Å². The second-order valence-corrected chi connectivity index (χ2v) is 6.88. The van der Waals surface area contributed by atoms with Gasteiger partial charge in [0.15, 0.2) is 11.0 Å². The lowest BCUT2D eigenvalue weighted by Gasteiger charge is -2.12. The van der Waals surface area contributed by atoms with Gasteiger partial charge in [0.05, 0.1) is 18.3 Å². The Hall–Kier alpha value is -1.08. The summed E-state index contributed by atoms with van der Waals surface area (Å²) in [6.07, 6.45) is 2.00. The van der Waals surface area contributed by atoms with Gasteiger partial charge in [-0.1, -0.05) is 29.4 Å². The number of nitrogens with one attached hydrogen (secondary N) is 1. The predicted octanol–water partition coefficient (Wildman–Crippen LogP) is 2.50. The van der Waals surface area contributed by atoms with Crippen molar-refractivity contribution in [2.45, 2.75) is 30.6 Å². The van der Waals surface area contributed by atoms with Gasteiger partial charge in [-0.15, -0.1) is 10.2 Å². The minimum Gasteiger partial charge on any atom is -0.392 e. The lowest BCUT2D eigenvalue weighted by Crippen LogP contribution is -2.14. The van der Waals surface area contributed by atoms with Crippen molar-refractivity contribution in [3.8, 4) is 5.69 Å². The number of thioether (sulfide) groups is 1. The third-order valence-corrected chi connectivity index (χ3v) is 4.92. The van der Waals surface area contributed by atoms with Crippen LogP contribution < -0.4 is 5.32 Å². The summed E-state index contributed by atoms with van der Waals surface area (Å²) in [5.41, 5.74) is 0.936. The maximum Gasteiger partial charge on any atom is 0.195 e. The molecule has 1 atom stereocenters. The number of rotatable bonds is 7. The third-order valence-electron chi connectivity index (χ3n) is 3.65. The SMILES string of the molecule is CNCc1nnc(SC[C@@H](O)C2CC2)n1-c1cccc(Cl)c1. The maximum absolute atomic E-state index is 10.1. The first-order valence-corrected chi connectivity index (χ1v) is 8.71. The van der Waals surface area contributed by atoms with Crippen LogP contribution in [0.5, 0.6) is 0 Å². The molecule has 0 amide bonds. The van der Waals surface area contributed by atoms with E-state index in [9.17, 15) is 5.11 Å². The second kappa shape index (κ2) is 7.00. The van der Waals surface area contributed by atoms with Gasteiger partial charge in [-0.3, -0.25) is 4.57 Å². The Balaban J connectivity index is 1.85. The van der Waals surface area contributed by atoms with Crippen LogP contribution in [0.25, 0.3) is 5.69 Å². The summed E-state index contributed by atoms with van der Waals surface area (Å²) in [5.74, 6) is 1.93. The van der Waals surface area contributed by atoms with Gasteiger partial charge < -0.3 is 10.4 Å². The fourth-order valence-electron chi connectivity index (χ4n) is 2.32. The van der Waals surface area contributed by atoms with Gasteiger partial charge in [0.25, 0.3) is 0 Å². The molecule has 1 aliphatic carbocycles. The van der Waals surface area contributed by atoms with Crippen LogP contribution in [-0.2, 0) is 6.54 Å². The van der Waals surface area contributed by atoms with E-state index in [4.69, 9.17) is 11.6 Å². The van der Waals surface area contributed by atoms with Crippen molar-refractivity contribution in [1.29, 1.82) is 0 Å². The number of benzene rings is 1. The molecule has 1 saturated carbocycles. The molecule has 0 aliphatic heterocycles. The first-order valence-electron chi connectivity index (χ1n) is 7.34. The summed E-state index contributed by atoms with van der Waals surface area (Å²) >= 11 is 7.64. The molecular weight excluding hydrogens is 320 g/mol. The standard InChI is InChI=1S/C15H19ClN4OS/c1-17-8-14-18-19-15(22-9-13(21)10-5-6-10)20(14)12-4-2-3-11(16)7-12/h2-4,7,10,13,17,21H,5-6,8-9H2,1H3/t13-/m1/s1. The Labute approximate surface area is 139 Å². The molecule has 7 heteroatoms. The summed E-state index contributed by atoms with van der Waals surface area (Å²) in [4.78, 5) is 0. The lowest BCUT2D eigenvalue weighted by molar-refractivity contribution is 0.176. The van der Waals surface area contributed by atoms with Crippen LogP contribution in [0.4, 0.5) is 0 Å². The molecule has 1 heterocycles. The van der Waals surface area contributed by atoms with Crippen LogP contribution >= 0.6 is 23.4 Å². The van der Waals surface area contributed by atoms with Crippen molar-refractivity contribution in [2.24, 2.45) is 5.92 Å². The van der Waals surface area contributed by atoms with E-state index < -0.39 is 0 Å². The average Bonchev–Trinajstić information content (AvgIpc) is 3.28. The van der Waals surface area contributed by atoms with Gasteiger partial charge in [0, 0.05) is 10.8 Å². The number of aliphatic hydroxyl groups excluding tert-OH is 1. The zero-order valence-electron chi connectivity index (χ0n) is 12.4. The minimum atomic E-state index is -0.262. The zero-order valence-corrected chi connectivity index (χ0v) is 13.9. The van der Waals surface area contributed by atoms with E-state index in [1.165, 1.54) is 11.8 Å². The van der Waals surface area contributed by atoms with Gasteiger partial charge in [0.2, 0.25) is 0 Å². The predicted molar refractivity (Wildman–Crippen MR) is 88.6 cm³/mol. The van der Waals surface area contributed by atoms with Crippen LogP contribution in [0, 0.1) is 5.92 Å². The van der Waals surface area contributed by atoms with Gasteiger partial charge >= 0.3 is 0 Å². The van der Waals surface area contributed by atoms with Crippen LogP contribution in [-0.4, -0.2) is 38.8 Å². The molecule has 1 aliphatic rings. The van der Waals surface area contributed by atoms with Crippen molar-refractivity contribution in [3.05, 3.63) is 35.1 Å². The van der Waals surface area contributed by atoms with Crippen LogP contribution in [0.3, 0.4) is 0 Å². The summed E-state index contributed by atoms with van der Waals surface area (Å²) in [6.45, 7) is 0.616. The first kappa shape index (κ1) is 15.8. The molecule has 2 N–H and O–H groups in total. The Bertz CT molecular complexity index is 644. The molecule has 5 nitrogen and oxygen atoms in total. The van der Waals surface area contributed by atoms with E-state index in [0.717, 1.165) is 29.5 Å². The first-order chi connectivity index (χ1) is 10.7. The molecule has 0 spiro atoms. The van der Waals surface area contributed by atoms with Crippen LogP contribution in [0.2, 0.25) is 5.02 Å². The molecule has 0 saturated heterocycles. The lowest BCUT2D eigenvalue weighted by atomic mass is 10.3. The molecule has 0 radical (unpaired) electrons. The van der Waals surface area contributed by atoms with Crippen molar-refractivity contribution >= 4 is 23.4 Å². The molecule has 22 heavy (non-hydrogen) atoms. The maximum atomic E-state index is 10.1. The number of aromatic nitrogens is 3. The van der Waals surface area contributed by atoms with E-state index >= 15 is 0 Å². The van der Waals surface area contributed by atoms with Crippen molar-refractivity contribution in [1.82, 2.24) is 20.1 Å². The average molecular weight is 339 g/mol. The Kier molecular flexibility index (Phi) is 5.03. The Morgan fingerprint density at radius 1 is 1.45 bits per heavy atom. The van der Waals surface area contributed by atoms with Gasteiger partial charge in [-0.25, -0.2) is 0 Å². The fraction of sp³-hybridized carbons (Fsp3) is 0.467. The Morgan fingerprint density at radius 2 is 2.27 bits per heavy atom. The minimum absolute atomic E-state index is 0.262. The molecule has 0 unspecified atom stereocenters. The monoisotopic (exact) mass is 338 g/mol. The number of nitrogens with zero attached hydrogens (tertiary/aromatic N) is 3. The zero-order chi connectivity index (χ0) is 15.5. The topological polar surface area (TPSA) is 63.0 Å². The second-order valence-electron chi connectivity index (χ2n) is 5.46. The van der Waals surface area contributed by atoms with E-state index in [1.807, 2.05) is 35.9 Å². The van der Waals surface area contributed by atoms with E-state index in [-0.39, 0.29) is 6.10 Å². The highest BCUT2D eigenvalue weighted by Gasteiger charge is 2.30. The Morgan fingerprint density at radius 3 is 2.95 bits per heavy atom. The number of hydrogen-bond donors (Lipinski definition) is 2. The van der Waals surface area contributed by atoms with Crippen LogP contribution in [0.1, 0.15) is 18.7 Å². The molecule has 1 aromatic heterocycles. The summed E-state index contributed by atoms with van der Waals surface area (Å²) in [6, 6.07) is 7.63. The van der Waals surface area contributed by atoms with Crippen molar-refractivity contribution < 1.29 is 5.11 Å². The molecule has 1 fully saturated rings. The third kappa shape index (κ3) is 3.63. The number of hydrogen-bond acceptors (Lipinski definition) is 5. The highest BCUT2D eigenvalue weighted by atomic mass is 35.5. The highest BCUT2D eigenvalue weighted by Crippen LogP contribution is 2.35. The molecular formula is C15H19ClN4OS. The fourth-order valence-corrected chi connectivity index (χ4v) is 3.53. The molecule has 0 bridgehead atoms. The number of aliphatic hydroxyl groups is 1. The summed E-state index contributed by atoms with van der Waals surface area (Å²) in [5, 5.41) is 23.1. The molecule has 3 rings (SSSR count). The van der Waals surface area contributed by atoms with Crippen molar-refractivity contribution in [3.63, 3.8) is 0 Å². The van der Waals surface area contributed by atoms with E-state index in [2.05, 4.69) is 15.5 Å². The normalized spacial score (nSPS) is 16.0. The number of halogens is 1. The van der Waals surface area contributed by atoms with Gasteiger partial charge in [-0.2, -0.15) is 0 Å². The smallest absolute Gasteiger partial charge is 0.195 e. The molecule has 118 valence electrons. The van der Waals surface area contributed by atoms with Crippen molar-refractivity contribution in [2.75, 3.05) is 12.8 Å². The summed E-state index contributed by atoms with van der Waals surface area (Å²) in [7, 11) is 1.88.